The number of rotatable bonds is 5. The van der Waals surface area contributed by atoms with Crippen LogP contribution in [0.15, 0.2) is 48.7 Å². The van der Waals surface area contributed by atoms with Gasteiger partial charge in [0.2, 0.25) is 5.91 Å². The van der Waals surface area contributed by atoms with Gasteiger partial charge in [0.05, 0.1) is 16.5 Å². The van der Waals surface area contributed by atoms with Crippen molar-refractivity contribution in [1.29, 1.82) is 0 Å². The molecule has 9 heteroatoms. The largest absolute Gasteiger partial charge is 0.478 e. The molecule has 0 unspecified atom stereocenters. The standard InChI is InChI=1S/C25H20F4N2O3/c1-13-9-17(11-18(22(32)33)21(13)15-4-3-14(2)30-12-15)31-23(34)24(7-8-24)19-6-5-16(10-20(19)26)25(27,28)29/h3-6,9-12H,7-8H2,1-2H3,(H,31,34)(H,32,33). The lowest BCUT2D eigenvalue weighted by Gasteiger charge is -2.19. The number of aryl methyl sites for hydroxylation is 2. The Balaban J connectivity index is 1.66. The van der Waals surface area contributed by atoms with E-state index in [1.54, 1.807) is 38.2 Å². The Hall–Kier alpha value is -3.75. The zero-order valence-electron chi connectivity index (χ0n) is 18.3. The molecule has 0 spiro atoms. The summed E-state index contributed by atoms with van der Waals surface area (Å²) in [7, 11) is 0. The van der Waals surface area contributed by atoms with Crippen molar-refractivity contribution in [1.82, 2.24) is 4.98 Å². The van der Waals surface area contributed by atoms with Gasteiger partial charge in [-0.2, -0.15) is 13.2 Å². The Morgan fingerprint density at radius 1 is 1.06 bits per heavy atom. The molecule has 1 saturated carbocycles. The lowest BCUT2D eigenvalue weighted by atomic mass is 9.92. The molecular formula is C25H20F4N2O3. The molecule has 2 N–H and O–H groups in total. The number of hydrogen-bond donors (Lipinski definition) is 2. The van der Waals surface area contributed by atoms with Gasteiger partial charge in [0.15, 0.2) is 0 Å². The van der Waals surface area contributed by atoms with Crippen molar-refractivity contribution < 1.29 is 32.3 Å². The summed E-state index contributed by atoms with van der Waals surface area (Å²) in [5.74, 6) is -2.91. The highest BCUT2D eigenvalue weighted by Crippen LogP contribution is 2.50. The predicted octanol–water partition coefficient (Wildman–Crippen LogP) is 5.89. The number of anilines is 1. The van der Waals surface area contributed by atoms with Crippen LogP contribution in [-0.2, 0) is 16.4 Å². The fraction of sp³-hybridized carbons (Fsp3) is 0.240. The summed E-state index contributed by atoms with van der Waals surface area (Å²) in [6.07, 6.45) is -2.61. The zero-order valence-corrected chi connectivity index (χ0v) is 18.3. The van der Waals surface area contributed by atoms with E-state index in [1.165, 1.54) is 6.07 Å². The van der Waals surface area contributed by atoms with Gasteiger partial charge in [0.1, 0.15) is 5.82 Å². The number of aromatic carboxylic acids is 1. The molecule has 1 fully saturated rings. The summed E-state index contributed by atoms with van der Waals surface area (Å²) in [6.45, 7) is 3.50. The summed E-state index contributed by atoms with van der Waals surface area (Å²) in [4.78, 5) is 29.2. The first-order chi connectivity index (χ1) is 15.9. The van der Waals surface area contributed by atoms with Gasteiger partial charge in [-0.1, -0.05) is 12.1 Å². The minimum absolute atomic E-state index is 0.0495. The number of hydrogen-bond acceptors (Lipinski definition) is 3. The predicted molar refractivity (Wildman–Crippen MR) is 117 cm³/mol. The molecule has 5 nitrogen and oxygen atoms in total. The number of carbonyl (C=O) groups excluding carboxylic acids is 1. The first-order valence-electron chi connectivity index (χ1n) is 10.4. The lowest BCUT2D eigenvalue weighted by molar-refractivity contribution is -0.137. The maximum atomic E-state index is 14.6. The number of aromatic nitrogens is 1. The first-order valence-corrected chi connectivity index (χ1v) is 10.4. The zero-order chi connectivity index (χ0) is 24.8. The second-order valence-corrected chi connectivity index (χ2v) is 8.44. The van der Waals surface area contributed by atoms with Gasteiger partial charge in [-0.3, -0.25) is 9.78 Å². The molecule has 0 atom stereocenters. The molecule has 1 aliphatic rings. The van der Waals surface area contributed by atoms with Crippen LogP contribution in [0.5, 0.6) is 0 Å². The van der Waals surface area contributed by atoms with Gasteiger partial charge in [-0.15, -0.1) is 0 Å². The molecule has 2 aromatic carbocycles. The topological polar surface area (TPSA) is 79.3 Å². The van der Waals surface area contributed by atoms with E-state index in [9.17, 15) is 32.3 Å². The third kappa shape index (κ3) is 4.25. The average molecular weight is 472 g/mol. The minimum atomic E-state index is -4.70. The number of carboxylic acid groups (broad SMARTS) is 1. The van der Waals surface area contributed by atoms with Crippen LogP contribution in [0.1, 0.15) is 45.6 Å². The molecule has 0 radical (unpaired) electrons. The van der Waals surface area contributed by atoms with Gasteiger partial charge in [-0.25, -0.2) is 9.18 Å². The fourth-order valence-electron chi connectivity index (χ4n) is 4.10. The van der Waals surface area contributed by atoms with Crippen LogP contribution in [0.2, 0.25) is 0 Å². The highest BCUT2D eigenvalue weighted by atomic mass is 19.4. The van der Waals surface area contributed by atoms with Crippen molar-refractivity contribution >= 4 is 17.6 Å². The SMILES string of the molecule is Cc1ccc(-c2c(C)cc(NC(=O)C3(c4ccc(C(F)(F)F)cc4F)CC3)cc2C(=O)O)cn1. The Morgan fingerprint density at radius 2 is 1.76 bits per heavy atom. The van der Waals surface area contributed by atoms with Crippen LogP contribution in [-0.4, -0.2) is 22.0 Å². The van der Waals surface area contributed by atoms with Crippen molar-refractivity contribution in [3.63, 3.8) is 0 Å². The van der Waals surface area contributed by atoms with Crippen LogP contribution < -0.4 is 5.32 Å². The Labute approximate surface area is 192 Å². The molecule has 1 heterocycles. The maximum Gasteiger partial charge on any atom is 0.416 e. The first kappa shape index (κ1) is 23.4. The van der Waals surface area contributed by atoms with E-state index in [4.69, 9.17) is 0 Å². The molecule has 1 amide bonds. The fourth-order valence-corrected chi connectivity index (χ4v) is 4.10. The molecule has 176 valence electrons. The Bertz CT molecular complexity index is 1300. The molecule has 34 heavy (non-hydrogen) atoms. The van der Waals surface area contributed by atoms with E-state index in [-0.39, 0.29) is 29.7 Å². The number of amides is 1. The third-order valence-corrected chi connectivity index (χ3v) is 6.02. The summed E-state index contributed by atoms with van der Waals surface area (Å²) < 4.78 is 53.2. The number of benzene rings is 2. The lowest BCUT2D eigenvalue weighted by Crippen LogP contribution is -2.29. The molecule has 0 saturated heterocycles. The van der Waals surface area contributed by atoms with Crippen LogP contribution in [0, 0.1) is 19.7 Å². The van der Waals surface area contributed by atoms with Gasteiger partial charge in [0, 0.05) is 34.3 Å². The maximum absolute atomic E-state index is 14.6. The van der Waals surface area contributed by atoms with Crippen LogP contribution in [0.4, 0.5) is 23.2 Å². The molecular weight excluding hydrogens is 452 g/mol. The number of pyridine rings is 1. The number of halogens is 4. The molecule has 1 aliphatic carbocycles. The number of nitrogens with one attached hydrogen (secondary N) is 1. The van der Waals surface area contributed by atoms with Crippen LogP contribution in [0.25, 0.3) is 11.1 Å². The van der Waals surface area contributed by atoms with Crippen LogP contribution in [0.3, 0.4) is 0 Å². The number of alkyl halides is 3. The third-order valence-electron chi connectivity index (χ3n) is 6.02. The number of carboxylic acids is 1. The highest BCUT2D eigenvalue weighted by molar-refractivity contribution is 6.04. The van der Waals surface area contributed by atoms with E-state index < -0.39 is 34.8 Å². The van der Waals surface area contributed by atoms with Gasteiger partial charge in [0.25, 0.3) is 0 Å². The highest BCUT2D eigenvalue weighted by Gasteiger charge is 2.53. The quantitative estimate of drug-likeness (QED) is 0.454. The minimum Gasteiger partial charge on any atom is -0.478 e. The number of nitrogens with zero attached hydrogens (tertiary/aromatic N) is 1. The van der Waals surface area contributed by atoms with Crippen molar-refractivity contribution in [2.45, 2.75) is 38.3 Å². The van der Waals surface area contributed by atoms with E-state index in [0.717, 1.165) is 17.8 Å². The average Bonchev–Trinajstić information content (AvgIpc) is 3.55. The van der Waals surface area contributed by atoms with Crippen molar-refractivity contribution in [3.05, 3.63) is 82.4 Å². The van der Waals surface area contributed by atoms with Crippen LogP contribution >= 0.6 is 0 Å². The number of carbonyl (C=O) groups is 2. The van der Waals surface area contributed by atoms with Gasteiger partial charge < -0.3 is 10.4 Å². The molecule has 0 bridgehead atoms. The molecule has 3 aromatic rings. The van der Waals surface area contributed by atoms with Gasteiger partial charge >= 0.3 is 12.1 Å². The monoisotopic (exact) mass is 472 g/mol. The summed E-state index contributed by atoms with van der Waals surface area (Å²) in [5.41, 5.74) is -0.00165. The van der Waals surface area contributed by atoms with E-state index in [0.29, 0.717) is 22.8 Å². The Morgan fingerprint density at radius 3 is 2.29 bits per heavy atom. The normalized spacial score (nSPS) is 14.5. The summed E-state index contributed by atoms with van der Waals surface area (Å²) in [6, 6.07) is 8.54. The van der Waals surface area contributed by atoms with E-state index >= 15 is 0 Å². The van der Waals surface area contributed by atoms with E-state index in [2.05, 4.69) is 10.3 Å². The van der Waals surface area contributed by atoms with Gasteiger partial charge in [-0.05, 0) is 62.6 Å². The summed E-state index contributed by atoms with van der Waals surface area (Å²) in [5, 5.41) is 12.4. The molecule has 4 rings (SSSR count). The second-order valence-electron chi connectivity index (χ2n) is 8.44. The van der Waals surface area contributed by atoms with E-state index in [1.807, 2.05) is 0 Å². The van der Waals surface area contributed by atoms with Crippen molar-refractivity contribution in [2.24, 2.45) is 0 Å². The summed E-state index contributed by atoms with van der Waals surface area (Å²) >= 11 is 0. The van der Waals surface area contributed by atoms with Crippen molar-refractivity contribution in [3.8, 4) is 11.1 Å². The molecule has 0 aliphatic heterocycles. The second kappa shape index (κ2) is 8.23. The molecule has 1 aromatic heterocycles. The Kier molecular flexibility index (Phi) is 5.67. The smallest absolute Gasteiger partial charge is 0.416 e. The van der Waals surface area contributed by atoms with Crippen molar-refractivity contribution in [2.75, 3.05) is 5.32 Å².